The molecular weight excluding hydrogens is 280 g/mol. The molecule has 21 heavy (non-hydrogen) atoms. The van der Waals surface area contributed by atoms with E-state index in [1.165, 1.54) is 51.4 Å². The van der Waals surface area contributed by atoms with Crippen molar-refractivity contribution in [2.45, 2.75) is 77.3 Å². The first-order valence-electron chi connectivity index (χ1n) is 8.76. The standard InChI is InChI=1S/C16H34N2O2Si/c1-13-9-5-7-11-15(13)17-21(19-3,20-4)18-16-12-8-6-10-14(16)2/h13-18H,5-12H2,1-4H3. The Morgan fingerprint density at radius 1 is 0.714 bits per heavy atom. The van der Waals surface area contributed by atoms with Crippen molar-refractivity contribution in [1.82, 2.24) is 9.96 Å². The molecule has 124 valence electrons. The number of rotatable bonds is 6. The normalized spacial score (nSPS) is 34.9. The van der Waals surface area contributed by atoms with Crippen LogP contribution in [0.25, 0.3) is 0 Å². The van der Waals surface area contributed by atoms with Crippen molar-refractivity contribution in [3.05, 3.63) is 0 Å². The molecule has 2 rings (SSSR count). The van der Waals surface area contributed by atoms with Crippen molar-refractivity contribution in [2.24, 2.45) is 11.8 Å². The number of hydrogen-bond acceptors (Lipinski definition) is 4. The van der Waals surface area contributed by atoms with Crippen LogP contribution in [-0.4, -0.2) is 35.2 Å². The zero-order chi connectivity index (χ0) is 15.3. The summed E-state index contributed by atoms with van der Waals surface area (Å²) in [6, 6.07) is 1.05. The first-order chi connectivity index (χ1) is 10.1. The molecule has 0 aromatic heterocycles. The Bertz CT molecular complexity index is 287. The fourth-order valence-corrected chi connectivity index (χ4v) is 6.47. The Balaban J connectivity index is 2.00. The lowest BCUT2D eigenvalue weighted by Crippen LogP contribution is -2.72. The smallest absolute Gasteiger partial charge is 0.374 e. The Morgan fingerprint density at radius 3 is 1.43 bits per heavy atom. The van der Waals surface area contributed by atoms with Crippen molar-refractivity contribution < 1.29 is 8.85 Å². The van der Waals surface area contributed by atoms with Crippen LogP contribution in [0, 0.1) is 11.8 Å². The van der Waals surface area contributed by atoms with E-state index in [1.807, 2.05) is 0 Å². The maximum atomic E-state index is 5.88. The van der Waals surface area contributed by atoms with Gasteiger partial charge in [-0.15, -0.1) is 0 Å². The van der Waals surface area contributed by atoms with Crippen LogP contribution in [0.2, 0.25) is 0 Å². The summed E-state index contributed by atoms with van der Waals surface area (Å²) in [4.78, 5) is 7.54. The van der Waals surface area contributed by atoms with E-state index in [4.69, 9.17) is 8.85 Å². The van der Waals surface area contributed by atoms with Crippen LogP contribution in [0.3, 0.4) is 0 Å². The monoisotopic (exact) mass is 314 g/mol. The minimum atomic E-state index is -2.50. The highest BCUT2D eigenvalue weighted by Gasteiger charge is 2.44. The van der Waals surface area contributed by atoms with Gasteiger partial charge in [0.15, 0.2) is 0 Å². The molecule has 0 amide bonds. The van der Waals surface area contributed by atoms with Crippen LogP contribution in [-0.2, 0) is 8.85 Å². The Kier molecular flexibility index (Phi) is 6.68. The molecule has 5 heteroatoms. The molecule has 0 heterocycles. The minimum Gasteiger partial charge on any atom is -0.374 e. The number of nitrogens with one attached hydrogen (secondary N) is 2. The second kappa shape index (κ2) is 8.06. The van der Waals surface area contributed by atoms with Crippen LogP contribution >= 0.6 is 0 Å². The lowest BCUT2D eigenvalue weighted by Gasteiger charge is -2.41. The predicted molar refractivity (Wildman–Crippen MR) is 88.9 cm³/mol. The third-order valence-electron chi connectivity index (χ3n) is 5.55. The van der Waals surface area contributed by atoms with E-state index in [9.17, 15) is 0 Å². The van der Waals surface area contributed by atoms with Gasteiger partial charge in [0.1, 0.15) is 0 Å². The summed E-state index contributed by atoms with van der Waals surface area (Å²) in [7, 11) is 1.07. The van der Waals surface area contributed by atoms with E-state index in [1.54, 1.807) is 14.2 Å². The maximum Gasteiger partial charge on any atom is 0.516 e. The summed E-state index contributed by atoms with van der Waals surface area (Å²) >= 11 is 0. The van der Waals surface area contributed by atoms with E-state index in [-0.39, 0.29) is 0 Å². The summed E-state index contributed by atoms with van der Waals surface area (Å²) in [5.41, 5.74) is 0. The summed E-state index contributed by atoms with van der Waals surface area (Å²) in [6.45, 7) is 4.70. The second-order valence-electron chi connectivity index (χ2n) is 7.05. The van der Waals surface area contributed by atoms with E-state index >= 15 is 0 Å². The molecule has 2 saturated carbocycles. The van der Waals surface area contributed by atoms with E-state index in [2.05, 4.69) is 23.8 Å². The molecule has 0 radical (unpaired) electrons. The molecule has 4 nitrogen and oxygen atoms in total. The first kappa shape index (κ1) is 17.4. The second-order valence-corrected chi connectivity index (χ2v) is 9.68. The van der Waals surface area contributed by atoms with Crippen LogP contribution in [0.1, 0.15) is 65.2 Å². The SMILES string of the molecule is CO[Si](NC1CCCCC1C)(NC1CCCCC1C)OC. The van der Waals surface area contributed by atoms with Crippen molar-refractivity contribution >= 4 is 8.88 Å². The highest BCUT2D eigenvalue weighted by Crippen LogP contribution is 2.27. The van der Waals surface area contributed by atoms with Gasteiger partial charge in [0.05, 0.1) is 0 Å². The van der Waals surface area contributed by atoms with Gasteiger partial charge in [-0.3, -0.25) is 9.96 Å². The predicted octanol–water partition coefficient (Wildman–Crippen LogP) is 3.05. The van der Waals surface area contributed by atoms with Gasteiger partial charge >= 0.3 is 8.88 Å². The van der Waals surface area contributed by atoms with Crippen LogP contribution in [0.15, 0.2) is 0 Å². The fourth-order valence-electron chi connectivity index (χ4n) is 3.91. The summed E-state index contributed by atoms with van der Waals surface area (Å²) in [5, 5.41) is 0. The Labute approximate surface area is 131 Å². The number of hydrogen-bond donors (Lipinski definition) is 2. The maximum absolute atomic E-state index is 5.88. The molecular formula is C16H34N2O2Si. The highest BCUT2D eigenvalue weighted by atomic mass is 28.4. The quantitative estimate of drug-likeness (QED) is 0.740. The molecule has 0 saturated heterocycles. The van der Waals surface area contributed by atoms with Crippen molar-refractivity contribution in [3.8, 4) is 0 Å². The van der Waals surface area contributed by atoms with Gasteiger partial charge in [-0.2, -0.15) is 0 Å². The van der Waals surface area contributed by atoms with Crippen molar-refractivity contribution in [2.75, 3.05) is 14.2 Å². The molecule has 0 aromatic rings. The topological polar surface area (TPSA) is 42.5 Å². The van der Waals surface area contributed by atoms with Gasteiger partial charge in [0, 0.05) is 26.3 Å². The Hall–Kier alpha value is 0.0569. The van der Waals surface area contributed by atoms with E-state index < -0.39 is 8.88 Å². The summed E-state index contributed by atoms with van der Waals surface area (Å²) in [5.74, 6) is 1.42. The average Bonchev–Trinajstić information content (AvgIpc) is 2.51. The molecule has 2 N–H and O–H groups in total. The van der Waals surface area contributed by atoms with Crippen molar-refractivity contribution in [1.29, 1.82) is 0 Å². The average molecular weight is 315 g/mol. The van der Waals surface area contributed by atoms with Crippen LogP contribution in [0.5, 0.6) is 0 Å². The highest BCUT2D eigenvalue weighted by molar-refractivity contribution is 6.62. The van der Waals surface area contributed by atoms with E-state index in [0.29, 0.717) is 23.9 Å². The lowest BCUT2D eigenvalue weighted by molar-refractivity contribution is 0.169. The third-order valence-corrected chi connectivity index (χ3v) is 8.20. The molecule has 0 bridgehead atoms. The van der Waals surface area contributed by atoms with Gasteiger partial charge in [-0.05, 0) is 37.5 Å². The van der Waals surface area contributed by atoms with Gasteiger partial charge < -0.3 is 8.85 Å². The molecule has 0 aliphatic heterocycles. The summed E-state index contributed by atoms with van der Waals surface area (Å²) in [6.07, 6.45) is 10.5. The van der Waals surface area contributed by atoms with Crippen LogP contribution in [0.4, 0.5) is 0 Å². The molecule has 4 unspecified atom stereocenters. The molecule has 4 atom stereocenters. The Morgan fingerprint density at radius 2 is 1.10 bits per heavy atom. The van der Waals surface area contributed by atoms with Gasteiger partial charge in [0.25, 0.3) is 0 Å². The molecule has 2 aliphatic carbocycles. The lowest BCUT2D eigenvalue weighted by atomic mass is 9.87. The third kappa shape index (κ3) is 4.52. The summed E-state index contributed by atoms with van der Waals surface area (Å²) < 4.78 is 11.8. The minimum absolute atomic E-state index is 0.525. The van der Waals surface area contributed by atoms with Crippen LogP contribution < -0.4 is 9.96 Å². The van der Waals surface area contributed by atoms with Crippen molar-refractivity contribution in [3.63, 3.8) is 0 Å². The molecule has 0 aromatic carbocycles. The largest absolute Gasteiger partial charge is 0.516 e. The van der Waals surface area contributed by atoms with Gasteiger partial charge in [-0.25, -0.2) is 0 Å². The van der Waals surface area contributed by atoms with Gasteiger partial charge in [-0.1, -0.05) is 39.5 Å². The fraction of sp³-hybridized carbons (Fsp3) is 1.00. The molecule has 0 spiro atoms. The zero-order valence-electron chi connectivity index (χ0n) is 14.3. The first-order valence-corrected chi connectivity index (χ1v) is 10.6. The molecule has 2 fully saturated rings. The molecule has 2 aliphatic rings. The zero-order valence-corrected chi connectivity index (χ0v) is 15.3. The van der Waals surface area contributed by atoms with E-state index in [0.717, 1.165) is 0 Å². The van der Waals surface area contributed by atoms with Gasteiger partial charge in [0.2, 0.25) is 0 Å².